The van der Waals surface area contributed by atoms with Gasteiger partial charge in [0, 0.05) is 22.6 Å². The zero-order chi connectivity index (χ0) is 12.4. The van der Waals surface area contributed by atoms with Gasteiger partial charge in [0.15, 0.2) is 0 Å². The molecule has 1 amide bonds. The van der Waals surface area contributed by atoms with E-state index in [1.807, 2.05) is 6.07 Å². The van der Waals surface area contributed by atoms with E-state index in [9.17, 15) is 4.79 Å². The van der Waals surface area contributed by atoms with E-state index < -0.39 is 0 Å². The first-order chi connectivity index (χ1) is 8.11. The van der Waals surface area contributed by atoms with Crippen LogP contribution < -0.4 is 11.3 Å². The first-order valence-corrected chi connectivity index (χ1v) is 6.40. The van der Waals surface area contributed by atoms with E-state index in [1.54, 1.807) is 12.1 Å². The molecule has 0 bridgehead atoms. The third-order valence-electron chi connectivity index (χ3n) is 3.04. The highest BCUT2D eigenvalue weighted by atomic mass is 79.9. The van der Waals surface area contributed by atoms with Gasteiger partial charge in [-0.1, -0.05) is 22.0 Å². The third-order valence-corrected chi connectivity index (χ3v) is 3.77. The summed E-state index contributed by atoms with van der Waals surface area (Å²) in [5.74, 6) is 4.83. The Bertz CT molecular complexity index is 432. The van der Waals surface area contributed by atoms with Crippen LogP contribution in [0.4, 0.5) is 0 Å². The van der Waals surface area contributed by atoms with Crippen LogP contribution >= 0.6 is 15.9 Å². The largest absolute Gasteiger partial charge is 0.299 e. The van der Waals surface area contributed by atoms with Crippen LogP contribution in [-0.2, 0) is 6.54 Å². The van der Waals surface area contributed by atoms with Crippen LogP contribution in [-0.4, -0.2) is 23.9 Å². The zero-order valence-electron chi connectivity index (χ0n) is 9.74. The van der Waals surface area contributed by atoms with Crippen LogP contribution in [0.25, 0.3) is 0 Å². The van der Waals surface area contributed by atoms with Gasteiger partial charge < -0.3 is 0 Å². The van der Waals surface area contributed by atoms with Gasteiger partial charge in [-0.25, -0.2) is 5.84 Å². The second kappa shape index (κ2) is 5.16. The van der Waals surface area contributed by atoms with Crippen molar-refractivity contribution in [2.24, 2.45) is 5.84 Å². The van der Waals surface area contributed by atoms with Crippen LogP contribution in [0.1, 0.15) is 28.8 Å². The average Bonchev–Trinajstić information content (AvgIpc) is 3.14. The molecule has 1 fully saturated rings. The van der Waals surface area contributed by atoms with E-state index in [1.165, 1.54) is 18.4 Å². The summed E-state index contributed by atoms with van der Waals surface area (Å²) in [5, 5.41) is 0. The standard InChI is InChI=1S/C12H16BrN3O/c1-16(10-4-5-10)7-9-3-2-8(6-11(9)13)12(17)15-14/h2-3,6,10H,4-5,7,14H2,1H3,(H,15,17). The SMILES string of the molecule is CN(Cc1ccc(C(=O)NN)cc1Br)C1CC1. The summed E-state index contributed by atoms with van der Waals surface area (Å²) >= 11 is 3.50. The van der Waals surface area contributed by atoms with Gasteiger partial charge in [0.05, 0.1) is 0 Å². The van der Waals surface area contributed by atoms with E-state index in [0.29, 0.717) is 5.56 Å². The van der Waals surface area contributed by atoms with Crippen LogP contribution in [0, 0.1) is 0 Å². The van der Waals surface area contributed by atoms with Crippen LogP contribution in [0.5, 0.6) is 0 Å². The molecule has 1 aliphatic rings. The molecular weight excluding hydrogens is 282 g/mol. The van der Waals surface area contributed by atoms with Crippen LogP contribution in [0.15, 0.2) is 22.7 Å². The van der Waals surface area contributed by atoms with Gasteiger partial charge in [-0.2, -0.15) is 0 Å². The van der Waals surface area contributed by atoms with E-state index in [-0.39, 0.29) is 5.91 Å². The molecule has 0 aromatic heterocycles. The van der Waals surface area contributed by atoms with Gasteiger partial charge in [0.25, 0.3) is 5.91 Å². The molecular formula is C12H16BrN3O. The number of nitrogens with one attached hydrogen (secondary N) is 1. The minimum absolute atomic E-state index is 0.271. The third kappa shape index (κ3) is 3.06. The lowest BCUT2D eigenvalue weighted by Crippen LogP contribution is -2.30. The molecule has 4 nitrogen and oxygen atoms in total. The quantitative estimate of drug-likeness (QED) is 0.505. The number of hydrogen-bond acceptors (Lipinski definition) is 3. The molecule has 0 unspecified atom stereocenters. The number of halogens is 1. The molecule has 1 aromatic carbocycles. The summed E-state index contributed by atoms with van der Waals surface area (Å²) in [6.07, 6.45) is 2.59. The van der Waals surface area contributed by atoms with E-state index in [2.05, 4.69) is 33.3 Å². The van der Waals surface area contributed by atoms with Crippen molar-refractivity contribution in [1.82, 2.24) is 10.3 Å². The summed E-state index contributed by atoms with van der Waals surface area (Å²) in [6.45, 7) is 0.899. The number of nitrogens with zero attached hydrogens (tertiary/aromatic N) is 1. The number of carbonyl (C=O) groups excluding carboxylic acids is 1. The molecule has 17 heavy (non-hydrogen) atoms. The second-order valence-corrected chi connectivity index (χ2v) is 5.28. The summed E-state index contributed by atoms with van der Waals surface area (Å²) in [4.78, 5) is 13.7. The molecule has 5 heteroatoms. The normalized spacial score (nSPS) is 15.1. The van der Waals surface area contributed by atoms with Gasteiger partial charge >= 0.3 is 0 Å². The van der Waals surface area contributed by atoms with Crippen LogP contribution in [0.3, 0.4) is 0 Å². The fourth-order valence-electron chi connectivity index (χ4n) is 1.81. The summed E-state index contributed by atoms with van der Waals surface area (Å²) in [5.41, 5.74) is 3.88. The Morgan fingerprint density at radius 2 is 2.29 bits per heavy atom. The Labute approximate surface area is 109 Å². The Morgan fingerprint density at radius 1 is 1.59 bits per heavy atom. The number of nitrogen functional groups attached to an aromatic ring is 1. The number of rotatable bonds is 4. The molecule has 0 radical (unpaired) electrons. The highest BCUT2D eigenvalue weighted by molar-refractivity contribution is 9.10. The summed E-state index contributed by atoms with van der Waals surface area (Å²) < 4.78 is 0.950. The van der Waals surface area contributed by atoms with Gasteiger partial charge in [-0.3, -0.25) is 15.1 Å². The number of hydrogen-bond donors (Lipinski definition) is 2. The van der Waals surface area contributed by atoms with Crippen LogP contribution in [0.2, 0.25) is 0 Å². The zero-order valence-corrected chi connectivity index (χ0v) is 11.3. The molecule has 2 rings (SSSR count). The van der Waals surface area contributed by atoms with Crippen molar-refractivity contribution in [2.75, 3.05) is 7.05 Å². The number of amides is 1. The first kappa shape index (κ1) is 12.5. The smallest absolute Gasteiger partial charge is 0.265 e. The Balaban J connectivity index is 2.10. The number of nitrogens with two attached hydrogens (primary N) is 1. The van der Waals surface area contributed by atoms with Crippen molar-refractivity contribution in [3.8, 4) is 0 Å². The fraction of sp³-hybridized carbons (Fsp3) is 0.417. The highest BCUT2D eigenvalue weighted by Gasteiger charge is 2.26. The summed E-state index contributed by atoms with van der Waals surface area (Å²) in [6, 6.07) is 6.29. The minimum Gasteiger partial charge on any atom is -0.299 e. The molecule has 0 heterocycles. The molecule has 1 aromatic rings. The van der Waals surface area contributed by atoms with E-state index in [0.717, 1.165) is 17.1 Å². The van der Waals surface area contributed by atoms with Crippen molar-refractivity contribution in [3.05, 3.63) is 33.8 Å². The lowest BCUT2D eigenvalue weighted by Gasteiger charge is -2.17. The fourth-order valence-corrected chi connectivity index (χ4v) is 2.32. The van der Waals surface area contributed by atoms with Gasteiger partial charge in [-0.05, 0) is 37.6 Å². The first-order valence-electron chi connectivity index (χ1n) is 5.61. The molecule has 0 atom stereocenters. The highest BCUT2D eigenvalue weighted by Crippen LogP contribution is 2.28. The Kier molecular flexibility index (Phi) is 3.81. The molecule has 0 saturated heterocycles. The molecule has 0 aliphatic heterocycles. The molecule has 3 N–H and O–H groups in total. The van der Waals surface area contributed by atoms with Gasteiger partial charge in [0.2, 0.25) is 0 Å². The number of benzene rings is 1. The van der Waals surface area contributed by atoms with Crippen molar-refractivity contribution in [3.63, 3.8) is 0 Å². The maximum atomic E-state index is 11.4. The molecule has 1 saturated carbocycles. The number of carbonyl (C=O) groups is 1. The molecule has 1 aliphatic carbocycles. The van der Waals surface area contributed by atoms with Crippen molar-refractivity contribution in [1.29, 1.82) is 0 Å². The molecule has 92 valence electrons. The van der Waals surface area contributed by atoms with Gasteiger partial charge in [0.1, 0.15) is 0 Å². The van der Waals surface area contributed by atoms with Crippen molar-refractivity contribution >= 4 is 21.8 Å². The second-order valence-electron chi connectivity index (χ2n) is 4.43. The average molecular weight is 298 g/mol. The predicted octanol–water partition coefficient (Wildman–Crippen LogP) is 1.65. The topological polar surface area (TPSA) is 58.4 Å². The Hall–Kier alpha value is -0.910. The van der Waals surface area contributed by atoms with Gasteiger partial charge in [-0.15, -0.1) is 0 Å². The van der Waals surface area contributed by atoms with Crippen molar-refractivity contribution < 1.29 is 4.79 Å². The maximum absolute atomic E-state index is 11.4. The maximum Gasteiger partial charge on any atom is 0.265 e. The number of hydrazine groups is 1. The Morgan fingerprint density at radius 3 is 2.82 bits per heavy atom. The minimum atomic E-state index is -0.271. The lowest BCUT2D eigenvalue weighted by molar-refractivity contribution is 0.0953. The van der Waals surface area contributed by atoms with E-state index >= 15 is 0 Å². The summed E-state index contributed by atoms with van der Waals surface area (Å²) in [7, 11) is 2.13. The monoisotopic (exact) mass is 297 g/mol. The predicted molar refractivity (Wildman–Crippen MR) is 70.3 cm³/mol. The van der Waals surface area contributed by atoms with E-state index in [4.69, 9.17) is 5.84 Å². The van der Waals surface area contributed by atoms with Crippen molar-refractivity contribution in [2.45, 2.75) is 25.4 Å². The molecule has 0 spiro atoms. The lowest BCUT2D eigenvalue weighted by atomic mass is 10.1.